The van der Waals surface area contributed by atoms with Gasteiger partial charge in [-0.2, -0.15) is 0 Å². The fraction of sp³-hybridized carbons (Fsp3) is 0.111. The van der Waals surface area contributed by atoms with Crippen LogP contribution in [0.15, 0.2) is 46.0 Å². The van der Waals surface area contributed by atoms with Gasteiger partial charge in [0.1, 0.15) is 0 Å². The number of allylic oxidation sites excluding steroid dienone is 8. The number of halogens is 1. The maximum absolute atomic E-state index is 3.49. The Labute approximate surface area is 68.8 Å². The highest BCUT2D eigenvalue weighted by Crippen LogP contribution is 2.33. The van der Waals surface area contributed by atoms with Crippen LogP contribution < -0.4 is 0 Å². The van der Waals surface area contributed by atoms with Crippen LogP contribution in [0.25, 0.3) is 0 Å². The molecule has 0 aromatic carbocycles. The largest absolute Gasteiger partial charge is 0.0801 e. The minimum absolute atomic E-state index is 1.07. The highest BCUT2D eigenvalue weighted by Gasteiger charge is 2.11. The minimum Gasteiger partial charge on any atom is -0.0801 e. The summed E-state index contributed by atoms with van der Waals surface area (Å²) < 4.78 is 1.21. The van der Waals surface area contributed by atoms with Crippen molar-refractivity contribution >= 4 is 15.9 Å². The fourth-order valence-corrected chi connectivity index (χ4v) is 1.74. The third-order valence-electron chi connectivity index (χ3n) is 1.73. The average molecular weight is 195 g/mol. The molecule has 2 aliphatic carbocycles. The molecule has 0 N–H and O–H groups in total. The summed E-state index contributed by atoms with van der Waals surface area (Å²) in [4.78, 5) is 0. The lowest BCUT2D eigenvalue weighted by Crippen LogP contribution is -1.85. The van der Waals surface area contributed by atoms with Gasteiger partial charge in [-0.25, -0.2) is 0 Å². The third kappa shape index (κ3) is 0.816. The van der Waals surface area contributed by atoms with Gasteiger partial charge in [0.15, 0.2) is 0 Å². The van der Waals surface area contributed by atoms with Gasteiger partial charge < -0.3 is 0 Å². The molecule has 10 heavy (non-hydrogen) atoms. The van der Waals surface area contributed by atoms with E-state index in [4.69, 9.17) is 0 Å². The Bertz CT molecular complexity index is 277. The summed E-state index contributed by atoms with van der Waals surface area (Å²) in [5.74, 6) is 0. The van der Waals surface area contributed by atoms with Crippen molar-refractivity contribution in [1.82, 2.24) is 0 Å². The molecule has 0 aliphatic heterocycles. The van der Waals surface area contributed by atoms with Crippen molar-refractivity contribution in [2.24, 2.45) is 0 Å². The van der Waals surface area contributed by atoms with Crippen LogP contribution in [0.4, 0.5) is 0 Å². The first-order valence-electron chi connectivity index (χ1n) is 3.33. The maximum Gasteiger partial charge on any atom is 0.0250 e. The summed E-state index contributed by atoms with van der Waals surface area (Å²) in [6.45, 7) is 0. The van der Waals surface area contributed by atoms with Crippen molar-refractivity contribution in [3.05, 3.63) is 46.0 Å². The SMILES string of the molecule is BrC1=CC=C2C=CCC=C12. The summed E-state index contributed by atoms with van der Waals surface area (Å²) in [6, 6.07) is 0. The molecular weight excluding hydrogens is 188 g/mol. The molecule has 0 bridgehead atoms. The predicted octanol–water partition coefficient (Wildman–Crippen LogP) is 3.09. The molecule has 0 saturated carbocycles. The third-order valence-corrected chi connectivity index (χ3v) is 2.42. The first-order valence-corrected chi connectivity index (χ1v) is 4.12. The highest BCUT2D eigenvalue weighted by molar-refractivity contribution is 9.12. The second-order valence-corrected chi connectivity index (χ2v) is 3.25. The molecule has 2 rings (SSSR count). The van der Waals surface area contributed by atoms with Crippen LogP contribution in [-0.4, -0.2) is 0 Å². The summed E-state index contributed by atoms with van der Waals surface area (Å²) in [5.41, 5.74) is 2.68. The molecule has 1 heteroatoms. The van der Waals surface area contributed by atoms with Gasteiger partial charge in [-0.05, 0) is 23.6 Å². The van der Waals surface area contributed by atoms with Gasteiger partial charge in [-0.3, -0.25) is 0 Å². The van der Waals surface area contributed by atoms with Crippen molar-refractivity contribution in [1.29, 1.82) is 0 Å². The molecule has 0 heterocycles. The lowest BCUT2D eigenvalue weighted by Gasteiger charge is -2.05. The van der Waals surface area contributed by atoms with Gasteiger partial charge in [-0.15, -0.1) is 0 Å². The van der Waals surface area contributed by atoms with E-state index < -0.39 is 0 Å². The molecule has 50 valence electrons. The summed E-state index contributed by atoms with van der Waals surface area (Å²) in [6.07, 6.45) is 11.9. The van der Waals surface area contributed by atoms with Gasteiger partial charge in [-0.1, -0.05) is 40.2 Å². The first-order chi connectivity index (χ1) is 4.88. The van der Waals surface area contributed by atoms with Gasteiger partial charge in [0.25, 0.3) is 0 Å². The molecule has 0 unspecified atom stereocenters. The minimum atomic E-state index is 1.07. The molecule has 0 aromatic rings. The van der Waals surface area contributed by atoms with Gasteiger partial charge in [0, 0.05) is 4.48 Å². The van der Waals surface area contributed by atoms with Crippen LogP contribution in [0.5, 0.6) is 0 Å². The number of fused-ring (bicyclic) bond motifs is 1. The Morgan fingerprint density at radius 1 is 1.30 bits per heavy atom. The Balaban J connectivity index is 2.45. The summed E-state index contributed by atoms with van der Waals surface area (Å²) >= 11 is 3.49. The van der Waals surface area contributed by atoms with E-state index in [0.717, 1.165) is 6.42 Å². The second kappa shape index (κ2) is 2.24. The lowest BCUT2D eigenvalue weighted by molar-refractivity contribution is 1.31. The summed E-state index contributed by atoms with van der Waals surface area (Å²) in [7, 11) is 0. The molecule has 2 aliphatic rings. The van der Waals surface area contributed by atoms with Crippen LogP contribution in [0, 0.1) is 0 Å². The maximum atomic E-state index is 3.49. The molecule has 0 saturated heterocycles. The van der Waals surface area contributed by atoms with E-state index in [1.54, 1.807) is 0 Å². The van der Waals surface area contributed by atoms with E-state index in [9.17, 15) is 0 Å². The Hall–Kier alpha value is -0.560. The van der Waals surface area contributed by atoms with Crippen molar-refractivity contribution in [3.8, 4) is 0 Å². The lowest BCUT2D eigenvalue weighted by atomic mass is 10.0. The molecule has 0 aromatic heterocycles. The molecule has 0 nitrogen and oxygen atoms in total. The zero-order chi connectivity index (χ0) is 6.97. The first kappa shape index (κ1) is 6.17. The average Bonchev–Trinajstić information content (AvgIpc) is 2.34. The molecule has 0 radical (unpaired) electrons. The zero-order valence-corrected chi connectivity index (χ0v) is 7.06. The predicted molar refractivity (Wildman–Crippen MR) is 46.9 cm³/mol. The number of rotatable bonds is 0. The Morgan fingerprint density at radius 3 is 3.00 bits per heavy atom. The van der Waals surface area contributed by atoms with Gasteiger partial charge in [0.2, 0.25) is 0 Å². The molecule has 0 fully saturated rings. The fourth-order valence-electron chi connectivity index (χ4n) is 1.22. The van der Waals surface area contributed by atoms with E-state index in [1.165, 1.54) is 15.6 Å². The van der Waals surface area contributed by atoms with Gasteiger partial charge >= 0.3 is 0 Å². The van der Waals surface area contributed by atoms with E-state index >= 15 is 0 Å². The van der Waals surface area contributed by atoms with Crippen molar-refractivity contribution in [2.45, 2.75) is 6.42 Å². The molecule has 0 amide bonds. The van der Waals surface area contributed by atoms with Crippen LogP contribution in [0.2, 0.25) is 0 Å². The normalized spacial score (nSPS) is 21.5. The van der Waals surface area contributed by atoms with Crippen LogP contribution in [0.3, 0.4) is 0 Å². The monoisotopic (exact) mass is 194 g/mol. The molecule has 0 atom stereocenters. The van der Waals surface area contributed by atoms with E-state index in [-0.39, 0.29) is 0 Å². The van der Waals surface area contributed by atoms with Crippen molar-refractivity contribution in [2.75, 3.05) is 0 Å². The quantitative estimate of drug-likeness (QED) is 0.557. The number of hydrogen-bond donors (Lipinski definition) is 0. The highest BCUT2D eigenvalue weighted by atomic mass is 79.9. The van der Waals surface area contributed by atoms with Crippen LogP contribution in [-0.2, 0) is 0 Å². The second-order valence-electron chi connectivity index (χ2n) is 2.39. The Morgan fingerprint density at radius 2 is 2.20 bits per heavy atom. The zero-order valence-electron chi connectivity index (χ0n) is 5.47. The number of hydrogen-bond acceptors (Lipinski definition) is 0. The van der Waals surface area contributed by atoms with Crippen LogP contribution >= 0.6 is 15.9 Å². The molecule has 0 spiro atoms. The molecular formula is C9H7Br. The summed E-state index contributed by atoms with van der Waals surface area (Å²) in [5, 5.41) is 0. The topological polar surface area (TPSA) is 0 Å². The van der Waals surface area contributed by atoms with E-state index in [1.807, 2.05) is 0 Å². The van der Waals surface area contributed by atoms with E-state index in [0.29, 0.717) is 0 Å². The van der Waals surface area contributed by atoms with E-state index in [2.05, 4.69) is 46.3 Å². The van der Waals surface area contributed by atoms with Crippen molar-refractivity contribution < 1.29 is 0 Å². The smallest absolute Gasteiger partial charge is 0.0250 e. The van der Waals surface area contributed by atoms with Crippen LogP contribution in [0.1, 0.15) is 6.42 Å². The standard InChI is InChI=1S/C9H7Br/c10-9-6-5-7-3-1-2-4-8(7)9/h1,3-6H,2H2. The van der Waals surface area contributed by atoms with Gasteiger partial charge in [0.05, 0.1) is 0 Å². The van der Waals surface area contributed by atoms with Crippen molar-refractivity contribution in [3.63, 3.8) is 0 Å². The Kier molecular flexibility index (Phi) is 1.38.